The minimum absolute atomic E-state index is 0.989. The topological polar surface area (TPSA) is 9.23 Å². The molecule has 1 nitrogen and oxygen atoms in total. The molecule has 0 saturated heterocycles. The van der Waals surface area contributed by atoms with Crippen LogP contribution in [0.4, 0.5) is 0 Å². The Balaban J connectivity index is 2.88. The number of ether oxygens (including phenoxy) is 1. The van der Waals surface area contributed by atoms with Crippen LogP contribution in [0.1, 0.15) is 104 Å². The number of hydrogen-bond acceptors (Lipinski definition) is 1. The van der Waals surface area contributed by atoms with Crippen molar-refractivity contribution in [1.29, 1.82) is 0 Å². The quantitative estimate of drug-likeness (QED) is 0.291. The van der Waals surface area contributed by atoms with Gasteiger partial charge in [0.25, 0.3) is 0 Å². The highest BCUT2D eigenvalue weighted by Gasteiger charge is 1.93. The Hall–Kier alpha value is -0.0400. The number of rotatable bonds is 16. The zero-order chi connectivity index (χ0) is 14.0. The van der Waals surface area contributed by atoms with Gasteiger partial charge in [0.1, 0.15) is 0 Å². The van der Waals surface area contributed by atoms with Crippen LogP contribution < -0.4 is 0 Å². The van der Waals surface area contributed by atoms with Crippen molar-refractivity contribution >= 4 is 0 Å². The van der Waals surface area contributed by atoms with Gasteiger partial charge in [-0.2, -0.15) is 0 Å². The SMILES string of the molecule is CCCCCCCCCCOCCCCCCCC. The molecular formula is C18H38O. The minimum atomic E-state index is 0.989. The molecule has 0 amide bonds. The molecule has 0 rings (SSSR count). The molecule has 0 aromatic heterocycles. The fourth-order valence-corrected chi connectivity index (χ4v) is 2.42. The van der Waals surface area contributed by atoms with Crippen LogP contribution in [0, 0.1) is 0 Å². The van der Waals surface area contributed by atoms with E-state index in [-0.39, 0.29) is 0 Å². The lowest BCUT2D eigenvalue weighted by Crippen LogP contribution is -1.97. The van der Waals surface area contributed by atoms with Crippen LogP contribution >= 0.6 is 0 Å². The summed E-state index contributed by atoms with van der Waals surface area (Å²) < 4.78 is 5.69. The van der Waals surface area contributed by atoms with Crippen LogP contribution in [-0.4, -0.2) is 13.2 Å². The second-order valence-corrected chi connectivity index (χ2v) is 5.86. The Morgan fingerprint density at radius 3 is 1.11 bits per heavy atom. The van der Waals surface area contributed by atoms with Crippen LogP contribution in [0.15, 0.2) is 0 Å². The fourth-order valence-electron chi connectivity index (χ4n) is 2.42. The summed E-state index contributed by atoms with van der Waals surface area (Å²) in [6.07, 6.45) is 19.3. The Morgan fingerprint density at radius 2 is 0.737 bits per heavy atom. The Bertz CT molecular complexity index is 129. The van der Waals surface area contributed by atoms with E-state index in [1.165, 1.54) is 89.9 Å². The molecule has 0 atom stereocenters. The molecule has 0 spiro atoms. The first kappa shape index (κ1) is 19.0. The fraction of sp³-hybridized carbons (Fsp3) is 1.00. The molecule has 0 aromatic carbocycles. The summed E-state index contributed by atoms with van der Waals surface area (Å²) in [7, 11) is 0. The van der Waals surface area contributed by atoms with E-state index in [0.717, 1.165) is 13.2 Å². The molecule has 0 aliphatic heterocycles. The van der Waals surface area contributed by atoms with Gasteiger partial charge in [-0.15, -0.1) is 0 Å². The van der Waals surface area contributed by atoms with Crippen LogP contribution in [0.2, 0.25) is 0 Å². The molecule has 0 N–H and O–H groups in total. The lowest BCUT2D eigenvalue weighted by molar-refractivity contribution is 0.125. The van der Waals surface area contributed by atoms with Crippen molar-refractivity contribution in [2.45, 2.75) is 104 Å². The van der Waals surface area contributed by atoms with Gasteiger partial charge in [-0.1, -0.05) is 90.9 Å². The van der Waals surface area contributed by atoms with E-state index in [1.54, 1.807) is 0 Å². The number of unbranched alkanes of at least 4 members (excludes halogenated alkanes) is 12. The van der Waals surface area contributed by atoms with Gasteiger partial charge in [0.15, 0.2) is 0 Å². The highest BCUT2D eigenvalue weighted by atomic mass is 16.5. The maximum absolute atomic E-state index is 5.69. The summed E-state index contributed by atoms with van der Waals surface area (Å²) in [6.45, 7) is 6.53. The zero-order valence-electron chi connectivity index (χ0n) is 13.7. The molecule has 0 aliphatic carbocycles. The molecule has 19 heavy (non-hydrogen) atoms. The lowest BCUT2D eigenvalue weighted by Gasteiger charge is -2.04. The normalized spacial score (nSPS) is 11.1. The maximum Gasteiger partial charge on any atom is 0.0466 e. The molecule has 0 heterocycles. The highest BCUT2D eigenvalue weighted by Crippen LogP contribution is 2.09. The predicted octanol–water partition coefficient (Wildman–Crippen LogP) is 6.50. The van der Waals surface area contributed by atoms with Gasteiger partial charge < -0.3 is 4.74 Å². The Kier molecular flexibility index (Phi) is 17.9. The second-order valence-electron chi connectivity index (χ2n) is 5.86. The Morgan fingerprint density at radius 1 is 0.421 bits per heavy atom. The molecule has 0 bridgehead atoms. The summed E-state index contributed by atoms with van der Waals surface area (Å²) in [5.41, 5.74) is 0. The van der Waals surface area contributed by atoms with Gasteiger partial charge in [0.2, 0.25) is 0 Å². The van der Waals surface area contributed by atoms with Crippen molar-refractivity contribution in [3.05, 3.63) is 0 Å². The van der Waals surface area contributed by atoms with Crippen LogP contribution in [0.3, 0.4) is 0 Å². The van der Waals surface area contributed by atoms with Gasteiger partial charge in [-0.05, 0) is 12.8 Å². The molecule has 1 heteroatoms. The summed E-state index contributed by atoms with van der Waals surface area (Å²) >= 11 is 0. The van der Waals surface area contributed by atoms with Crippen molar-refractivity contribution < 1.29 is 4.74 Å². The molecular weight excluding hydrogens is 232 g/mol. The smallest absolute Gasteiger partial charge is 0.0466 e. The van der Waals surface area contributed by atoms with E-state index in [2.05, 4.69) is 13.8 Å². The van der Waals surface area contributed by atoms with E-state index < -0.39 is 0 Å². The van der Waals surface area contributed by atoms with Crippen molar-refractivity contribution in [2.24, 2.45) is 0 Å². The van der Waals surface area contributed by atoms with Crippen molar-refractivity contribution in [1.82, 2.24) is 0 Å². The van der Waals surface area contributed by atoms with Crippen molar-refractivity contribution in [3.8, 4) is 0 Å². The summed E-state index contributed by atoms with van der Waals surface area (Å²) in [5.74, 6) is 0. The van der Waals surface area contributed by atoms with Gasteiger partial charge in [0, 0.05) is 13.2 Å². The van der Waals surface area contributed by atoms with Gasteiger partial charge in [-0.3, -0.25) is 0 Å². The first-order chi connectivity index (χ1) is 9.41. The molecule has 0 aromatic rings. The first-order valence-electron chi connectivity index (χ1n) is 8.99. The third-order valence-corrected chi connectivity index (χ3v) is 3.78. The van der Waals surface area contributed by atoms with Gasteiger partial charge in [-0.25, -0.2) is 0 Å². The third kappa shape index (κ3) is 18.0. The minimum Gasteiger partial charge on any atom is -0.381 e. The lowest BCUT2D eigenvalue weighted by atomic mass is 10.1. The largest absolute Gasteiger partial charge is 0.381 e. The molecule has 0 radical (unpaired) electrons. The van der Waals surface area contributed by atoms with E-state index in [0.29, 0.717) is 0 Å². The number of hydrogen-bond donors (Lipinski definition) is 0. The average molecular weight is 271 g/mol. The molecule has 0 saturated carbocycles. The predicted molar refractivity (Wildman–Crippen MR) is 86.8 cm³/mol. The molecule has 0 fully saturated rings. The van der Waals surface area contributed by atoms with Crippen molar-refractivity contribution in [2.75, 3.05) is 13.2 Å². The summed E-state index contributed by atoms with van der Waals surface area (Å²) in [6, 6.07) is 0. The van der Waals surface area contributed by atoms with Gasteiger partial charge >= 0.3 is 0 Å². The van der Waals surface area contributed by atoms with Crippen LogP contribution in [0.25, 0.3) is 0 Å². The highest BCUT2D eigenvalue weighted by molar-refractivity contribution is 4.47. The van der Waals surface area contributed by atoms with E-state index in [9.17, 15) is 0 Å². The monoisotopic (exact) mass is 270 g/mol. The summed E-state index contributed by atoms with van der Waals surface area (Å²) in [4.78, 5) is 0. The summed E-state index contributed by atoms with van der Waals surface area (Å²) in [5, 5.41) is 0. The Labute approximate surface area is 122 Å². The molecule has 0 aliphatic rings. The third-order valence-electron chi connectivity index (χ3n) is 3.78. The molecule has 0 unspecified atom stereocenters. The average Bonchev–Trinajstić information content (AvgIpc) is 2.43. The zero-order valence-corrected chi connectivity index (χ0v) is 13.7. The van der Waals surface area contributed by atoms with Crippen LogP contribution in [-0.2, 0) is 4.74 Å². The van der Waals surface area contributed by atoms with Crippen LogP contribution in [0.5, 0.6) is 0 Å². The van der Waals surface area contributed by atoms with E-state index >= 15 is 0 Å². The van der Waals surface area contributed by atoms with E-state index in [4.69, 9.17) is 4.74 Å². The molecule has 116 valence electrons. The van der Waals surface area contributed by atoms with E-state index in [1.807, 2.05) is 0 Å². The maximum atomic E-state index is 5.69. The first-order valence-corrected chi connectivity index (χ1v) is 8.99. The van der Waals surface area contributed by atoms with Gasteiger partial charge in [0.05, 0.1) is 0 Å². The van der Waals surface area contributed by atoms with Crippen molar-refractivity contribution in [3.63, 3.8) is 0 Å². The standard InChI is InChI=1S/C18H38O/c1-3-5-7-9-11-12-14-16-18-19-17-15-13-10-8-6-4-2/h3-18H2,1-2H3. The second kappa shape index (κ2) is 18.0.